The molecule has 0 aliphatic rings. The lowest BCUT2D eigenvalue weighted by molar-refractivity contribution is 1.13. The molecule has 0 unspecified atom stereocenters. The molecule has 106 valence electrons. The second-order valence-electron chi connectivity index (χ2n) is 4.75. The van der Waals surface area contributed by atoms with Gasteiger partial charge in [-0.05, 0) is 35.9 Å². The zero-order chi connectivity index (χ0) is 15.4. The monoisotopic (exact) mass is 316 g/mol. The van der Waals surface area contributed by atoms with Gasteiger partial charge in [0.2, 0.25) is 0 Å². The minimum Gasteiger partial charge on any atom is -0.378 e. The Hall–Kier alpha value is -1.95. The summed E-state index contributed by atoms with van der Waals surface area (Å²) < 4.78 is 0. The van der Waals surface area contributed by atoms with Gasteiger partial charge in [0.1, 0.15) is 0 Å². The lowest BCUT2D eigenvalue weighted by Crippen LogP contribution is -2.07. The van der Waals surface area contributed by atoms with E-state index in [2.05, 4.69) is 6.07 Å². The van der Waals surface area contributed by atoms with Crippen LogP contribution in [0.3, 0.4) is 0 Å². The minimum absolute atomic E-state index is 0.447. The quantitative estimate of drug-likeness (QED) is 0.580. The SMILES string of the molecule is CN(C)c1ccc(/C=C(/C#N)c2c(Cl)cccc2Cl)cc1. The molecule has 0 saturated carbocycles. The van der Waals surface area contributed by atoms with Gasteiger partial charge in [0, 0.05) is 25.3 Å². The van der Waals surface area contributed by atoms with E-state index >= 15 is 0 Å². The lowest BCUT2D eigenvalue weighted by Gasteiger charge is -2.12. The van der Waals surface area contributed by atoms with Crippen LogP contribution in [0, 0.1) is 11.3 Å². The fourth-order valence-corrected chi connectivity index (χ4v) is 2.55. The highest BCUT2D eigenvalue weighted by Gasteiger charge is 2.10. The molecule has 0 fully saturated rings. The number of rotatable bonds is 3. The van der Waals surface area contributed by atoms with Crippen LogP contribution in [-0.2, 0) is 0 Å². The molecule has 0 spiro atoms. The first-order valence-electron chi connectivity index (χ1n) is 6.36. The van der Waals surface area contributed by atoms with Crippen LogP contribution >= 0.6 is 23.2 Å². The molecule has 2 aromatic carbocycles. The Balaban J connectivity index is 2.44. The van der Waals surface area contributed by atoms with Crippen LogP contribution < -0.4 is 4.90 Å². The summed E-state index contributed by atoms with van der Waals surface area (Å²) in [5, 5.41) is 10.3. The van der Waals surface area contributed by atoms with Gasteiger partial charge in [-0.15, -0.1) is 0 Å². The van der Waals surface area contributed by atoms with Gasteiger partial charge in [-0.25, -0.2) is 0 Å². The standard InChI is InChI=1S/C17H14Cl2N2/c1-21(2)14-8-6-12(7-9-14)10-13(11-20)17-15(18)4-3-5-16(17)19/h3-10H,1-2H3/b13-10-. The van der Waals surface area contributed by atoms with Crippen molar-refractivity contribution in [2.75, 3.05) is 19.0 Å². The Morgan fingerprint density at radius 1 is 1.05 bits per heavy atom. The Kier molecular flexibility index (Phi) is 4.90. The molecule has 2 rings (SSSR count). The highest BCUT2D eigenvalue weighted by atomic mass is 35.5. The smallest absolute Gasteiger partial charge is 0.0999 e. The number of allylic oxidation sites excluding steroid dienone is 1. The Morgan fingerprint density at radius 3 is 2.10 bits per heavy atom. The normalized spacial score (nSPS) is 11.1. The van der Waals surface area contributed by atoms with Crippen LogP contribution in [0.25, 0.3) is 11.6 Å². The molecule has 0 amide bonds. The van der Waals surface area contributed by atoms with Crippen molar-refractivity contribution in [1.29, 1.82) is 5.26 Å². The molecule has 0 aliphatic heterocycles. The van der Waals surface area contributed by atoms with E-state index < -0.39 is 0 Å². The van der Waals surface area contributed by atoms with Gasteiger partial charge >= 0.3 is 0 Å². The molecule has 4 heteroatoms. The summed E-state index contributed by atoms with van der Waals surface area (Å²) in [5.74, 6) is 0. The number of nitrogens with zero attached hydrogens (tertiary/aromatic N) is 2. The maximum Gasteiger partial charge on any atom is 0.0999 e. The van der Waals surface area contributed by atoms with Gasteiger partial charge in [0.25, 0.3) is 0 Å². The fourth-order valence-electron chi connectivity index (χ4n) is 1.95. The van der Waals surface area contributed by atoms with Gasteiger partial charge in [0.15, 0.2) is 0 Å². The number of benzene rings is 2. The van der Waals surface area contributed by atoms with E-state index in [1.807, 2.05) is 43.3 Å². The number of hydrogen-bond donors (Lipinski definition) is 0. The first-order valence-corrected chi connectivity index (χ1v) is 7.12. The maximum atomic E-state index is 9.39. The topological polar surface area (TPSA) is 27.0 Å². The highest BCUT2D eigenvalue weighted by molar-refractivity contribution is 6.38. The van der Waals surface area contributed by atoms with Crippen LogP contribution in [0.4, 0.5) is 5.69 Å². The van der Waals surface area contributed by atoms with Gasteiger partial charge in [-0.3, -0.25) is 0 Å². The van der Waals surface area contributed by atoms with Crippen molar-refractivity contribution >= 4 is 40.5 Å². The van der Waals surface area contributed by atoms with Crippen molar-refractivity contribution in [1.82, 2.24) is 0 Å². The zero-order valence-corrected chi connectivity index (χ0v) is 13.3. The summed E-state index contributed by atoms with van der Waals surface area (Å²) in [6, 6.07) is 15.3. The second kappa shape index (κ2) is 6.67. The molecule has 0 heterocycles. The molecular formula is C17H14Cl2N2. The zero-order valence-electron chi connectivity index (χ0n) is 11.8. The Labute approximate surface area is 134 Å². The third kappa shape index (κ3) is 3.58. The van der Waals surface area contributed by atoms with E-state index in [0.29, 0.717) is 21.2 Å². The first-order chi connectivity index (χ1) is 10.0. The Bertz CT molecular complexity index is 690. The van der Waals surface area contributed by atoms with E-state index in [1.54, 1.807) is 24.3 Å². The molecule has 0 radical (unpaired) electrons. The van der Waals surface area contributed by atoms with Crippen LogP contribution in [0.1, 0.15) is 11.1 Å². The van der Waals surface area contributed by atoms with Crippen molar-refractivity contribution < 1.29 is 0 Å². The van der Waals surface area contributed by atoms with Gasteiger partial charge in [-0.1, -0.05) is 41.4 Å². The van der Waals surface area contributed by atoms with E-state index in [0.717, 1.165) is 11.3 Å². The predicted octanol–water partition coefficient (Wildman–Crippen LogP) is 5.12. The highest BCUT2D eigenvalue weighted by Crippen LogP contribution is 2.32. The van der Waals surface area contributed by atoms with Crippen molar-refractivity contribution in [3.8, 4) is 6.07 Å². The average molecular weight is 317 g/mol. The van der Waals surface area contributed by atoms with Crippen LogP contribution in [0.2, 0.25) is 10.0 Å². The third-order valence-electron chi connectivity index (χ3n) is 3.07. The molecule has 2 aromatic rings. The Morgan fingerprint density at radius 2 is 1.62 bits per heavy atom. The van der Waals surface area contributed by atoms with Crippen LogP contribution in [-0.4, -0.2) is 14.1 Å². The minimum atomic E-state index is 0.447. The second-order valence-corrected chi connectivity index (χ2v) is 5.57. The molecule has 0 bridgehead atoms. The summed E-state index contributed by atoms with van der Waals surface area (Å²) in [6.45, 7) is 0. The van der Waals surface area contributed by atoms with Crippen LogP contribution in [0.5, 0.6) is 0 Å². The summed E-state index contributed by atoms with van der Waals surface area (Å²) in [4.78, 5) is 2.02. The van der Waals surface area contributed by atoms with Crippen molar-refractivity contribution in [2.24, 2.45) is 0 Å². The average Bonchev–Trinajstić information content (AvgIpc) is 2.46. The number of nitriles is 1. The maximum absolute atomic E-state index is 9.39. The van der Waals surface area contributed by atoms with Crippen molar-refractivity contribution in [2.45, 2.75) is 0 Å². The van der Waals surface area contributed by atoms with Crippen LogP contribution in [0.15, 0.2) is 42.5 Å². The van der Waals surface area contributed by atoms with E-state index in [4.69, 9.17) is 23.2 Å². The molecule has 0 aromatic heterocycles. The van der Waals surface area contributed by atoms with Crippen molar-refractivity contribution in [3.63, 3.8) is 0 Å². The molecule has 0 atom stereocenters. The number of hydrogen-bond acceptors (Lipinski definition) is 2. The third-order valence-corrected chi connectivity index (χ3v) is 3.70. The molecule has 0 N–H and O–H groups in total. The predicted molar refractivity (Wildman–Crippen MR) is 90.7 cm³/mol. The van der Waals surface area contributed by atoms with E-state index in [1.165, 1.54) is 0 Å². The summed E-state index contributed by atoms with van der Waals surface area (Å²) in [5.41, 5.74) is 3.04. The van der Waals surface area contributed by atoms with E-state index in [-0.39, 0.29) is 0 Å². The van der Waals surface area contributed by atoms with Gasteiger partial charge in [0.05, 0.1) is 21.7 Å². The van der Waals surface area contributed by atoms with Crippen molar-refractivity contribution in [3.05, 3.63) is 63.6 Å². The summed E-state index contributed by atoms with van der Waals surface area (Å²) in [6.07, 6.45) is 1.78. The van der Waals surface area contributed by atoms with E-state index in [9.17, 15) is 5.26 Å². The number of halogens is 2. The molecule has 21 heavy (non-hydrogen) atoms. The molecule has 0 aliphatic carbocycles. The summed E-state index contributed by atoms with van der Waals surface area (Å²) in [7, 11) is 3.96. The molecular weight excluding hydrogens is 303 g/mol. The molecule has 0 saturated heterocycles. The molecule has 2 nitrogen and oxygen atoms in total. The lowest BCUT2D eigenvalue weighted by atomic mass is 10.0. The number of anilines is 1. The largest absolute Gasteiger partial charge is 0.378 e. The summed E-state index contributed by atoms with van der Waals surface area (Å²) >= 11 is 12.3. The fraction of sp³-hybridized carbons (Fsp3) is 0.118. The van der Waals surface area contributed by atoms with Gasteiger partial charge < -0.3 is 4.90 Å². The first kappa shape index (κ1) is 15.4. The van der Waals surface area contributed by atoms with Gasteiger partial charge in [-0.2, -0.15) is 5.26 Å².